The number of nitrogens with zero attached hydrogens (tertiary/aromatic N) is 1. The Morgan fingerprint density at radius 1 is 0.947 bits per heavy atom. The lowest BCUT2D eigenvalue weighted by Crippen LogP contribution is -2.43. The number of esters is 1. The van der Waals surface area contributed by atoms with Crippen LogP contribution in [0.25, 0.3) is 0 Å². The number of rotatable bonds is 8. The fraction of sp³-hybridized carbons (Fsp3) is 0.185. The summed E-state index contributed by atoms with van der Waals surface area (Å²) in [7, 11) is 1.56. The average Bonchev–Trinajstić information content (AvgIpc) is 3.33. The van der Waals surface area contributed by atoms with Gasteiger partial charge in [-0.15, -0.1) is 0 Å². The first kappa shape index (κ1) is 26.7. The van der Waals surface area contributed by atoms with E-state index in [2.05, 4.69) is 26.8 Å². The van der Waals surface area contributed by atoms with Crippen molar-refractivity contribution >= 4 is 45.3 Å². The third kappa shape index (κ3) is 6.68. The van der Waals surface area contributed by atoms with Crippen LogP contribution in [-0.4, -0.2) is 44.0 Å². The van der Waals surface area contributed by atoms with Crippen LogP contribution >= 0.6 is 15.9 Å². The molecule has 1 fully saturated rings. The maximum Gasteiger partial charge on any atom is 0.311 e. The Morgan fingerprint density at radius 3 is 2.32 bits per heavy atom. The Morgan fingerprint density at radius 2 is 1.63 bits per heavy atom. The molecule has 1 saturated heterocycles. The van der Waals surface area contributed by atoms with Crippen molar-refractivity contribution < 1.29 is 33.4 Å². The molecule has 2 N–H and O–H groups in total. The lowest BCUT2D eigenvalue weighted by Gasteiger charge is -2.17. The molecule has 3 aromatic carbocycles. The largest absolute Gasteiger partial charge is 0.493 e. The number of halogens is 1. The van der Waals surface area contributed by atoms with E-state index < -0.39 is 30.3 Å². The van der Waals surface area contributed by atoms with E-state index in [4.69, 9.17) is 14.2 Å². The smallest absolute Gasteiger partial charge is 0.311 e. The van der Waals surface area contributed by atoms with E-state index in [1.165, 1.54) is 4.90 Å². The molecule has 0 saturated carbocycles. The number of hydrogen-bond donors (Lipinski definition) is 2. The van der Waals surface area contributed by atoms with Crippen LogP contribution in [0.4, 0.5) is 5.69 Å². The van der Waals surface area contributed by atoms with Gasteiger partial charge in [0, 0.05) is 28.7 Å². The number of carbonyl (C=O) groups excluding carboxylic acids is 4. The molecule has 10 nitrogen and oxygen atoms in total. The van der Waals surface area contributed by atoms with Crippen molar-refractivity contribution in [2.45, 2.75) is 6.42 Å². The molecule has 0 unspecified atom stereocenters. The summed E-state index contributed by atoms with van der Waals surface area (Å²) in [6.07, 6.45) is -0.0414. The summed E-state index contributed by atoms with van der Waals surface area (Å²) in [6, 6.07) is 20.6. The zero-order chi connectivity index (χ0) is 27.1. The van der Waals surface area contributed by atoms with Gasteiger partial charge in [-0.05, 0) is 60.7 Å². The summed E-state index contributed by atoms with van der Waals surface area (Å²) in [6.45, 7) is -0.481. The van der Waals surface area contributed by atoms with Gasteiger partial charge in [-0.2, -0.15) is 0 Å². The highest BCUT2D eigenvalue weighted by molar-refractivity contribution is 9.10. The zero-order valence-corrected chi connectivity index (χ0v) is 21.9. The third-order valence-corrected chi connectivity index (χ3v) is 6.20. The molecule has 0 radical (unpaired) electrons. The molecule has 3 amide bonds. The number of methoxy groups -OCH3 is 1. The van der Waals surface area contributed by atoms with Crippen molar-refractivity contribution in [2.24, 2.45) is 5.92 Å². The van der Waals surface area contributed by atoms with Gasteiger partial charge in [0.05, 0.1) is 13.0 Å². The van der Waals surface area contributed by atoms with Gasteiger partial charge in [-0.3, -0.25) is 30.0 Å². The van der Waals surface area contributed by atoms with E-state index in [-0.39, 0.29) is 18.9 Å². The minimum atomic E-state index is -0.725. The lowest BCUT2D eigenvalue weighted by atomic mass is 10.1. The second-order valence-electron chi connectivity index (χ2n) is 8.27. The molecule has 1 atom stereocenters. The minimum Gasteiger partial charge on any atom is -0.493 e. The second kappa shape index (κ2) is 12.2. The lowest BCUT2D eigenvalue weighted by molar-refractivity contribution is -0.152. The molecule has 196 valence electrons. The first-order valence-corrected chi connectivity index (χ1v) is 12.4. The van der Waals surface area contributed by atoms with Crippen molar-refractivity contribution in [1.29, 1.82) is 0 Å². The van der Waals surface area contributed by atoms with Crippen molar-refractivity contribution in [3.63, 3.8) is 0 Å². The number of benzene rings is 3. The maximum absolute atomic E-state index is 12.6. The van der Waals surface area contributed by atoms with Gasteiger partial charge in [0.1, 0.15) is 5.75 Å². The van der Waals surface area contributed by atoms with E-state index in [0.29, 0.717) is 28.5 Å². The number of nitrogens with one attached hydrogen (secondary N) is 2. The van der Waals surface area contributed by atoms with Gasteiger partial charge in [0.2, 0.25) is 5.91 Å². The van der Waals surface area contributed by atoms with Gasteiger partial charge < -0.3 is 19.1 Å². The van der Waals surface area contributed by atoms with E-state index in [9.17, 15) is 19.2 Å². The van der Waals surface area contributed by atoms with Crippen LogP contribution in [0.1, 0.15) is 16.8 Å². The van der Waals surface area contributed by atoms with E-state index in [1.54, 1.807) is 67.8 Å². The summed E-state index contributed by atoms with van der Waals surface area (Å²) in [5, 5.41) is 0. The Hall–Kier alpha value is -4.38. The SMILES string of the molecule is COc1ccccc1Oc1ccc(N2C[C@H](C(=O)OCC(=O)NNC(=O)c3ccc(Br)cc3)CC2=O)cc1. The number of carbonyl (C=O) groups is 4. The van der Waals surface area contributed by atoms with E-state index in [1.807, 2.05) is 12.1 Å². The predicted molar refractivity (Wildman–Crippen MR) is 141 cm³/mol. The van der Waals surface area contributed by atoms with Crippen molar-refractivity contribution in [3.05, 3.63) is 82.8 Å². The first-order valence-electron chi connectivity index (χ1n) is 11.6. The highest BCUT2D eigenvalue weighted by Crippen LogP contribution is 2.33. The molecule has 11 heteroatoms. The Balaban J connectivity index is 1.25. The molecular formula is C27H24BrN3O7. The standard InChI is InChI=1S/C27H24BrN3O7/c1-36-22-4-2-3-5-23(22)38-21-12-10-20(11-13-21)31-15-18(14-25(31)33)27(35)37-16-24(32)29-30-26(34)17-6-8-19(28)9-7-17/h2-13,18H,14-16H2,1H3,(H,29,32)(H,30,34)/t18-/m1/s1. The minimum absolute atomic E-state index is 0.0414. The van der Waals surface area contributed by atoms with Gasteiger partial charge in [-0.1, -0.05) is 28.1 Å². The number of hydrogen-bond acceptors (Lipinski definition) is 7. The van der Waals surface area contributed by atoms with Crippen LogP contribution in [0.15, 0.2) is 77.3 Å². The zero-order valence-electron chi connectivity index (χ0n) is 20.3. The predicted octanol–water partition coefficient (Wildman–Crippen LogP) is 3.61. The number of para-hydroxylation sites is 2. The molecular weight excluding hydrogens is 558 g/mol. The normalized spacial score (nSPS) is 14.5. The van der Waals surface area contributed by atoms with Gasteiger partial charge in [0.15, 0.2) is 18.1 Å². The highest BCUT2D eigenvalue weighted by atomic mass is 79.9. The second-order valence-corrected chi connectivity index (χ2v) is 9.18. The quantitative estimate of drug-likeness (QED) is 0.307. The monoisotopic (exact) mass is 581 g/mol. The fourth-order valence-electron chi connectivity index (χ4n) is 3.73. The molecule has 38 heavy (non-hydrogen) atoms. The average molecular weight is 582 g/mol. The van der Waals surface area contributed by atoms with Gasteiger partial charge >= 0.3 is 5.97 Å². The molecule has 1 aliphatic heterocycles. The molecule has 3 aromatic rings. The van der Waals surface area contributed by atoms with Crippen LogP contribution in [0.3, 0.4) is 0 Å². The molecule has 0 spiro atoms. The first-order chi connectivity index (χ1) is 18.3. The number of anilines is 1. The highest BCUT2D eigenvalue weighted by Gasteiger charge is 2.36. The molecule has 1 heterocycles. The summed E-state index contributed by atoms with van der Waals surface area (Å²) < 4.78 is 17.0. The van der Waals surface area contributed by atoms with Crippen LogP contribution in [0.5, 0.6) is 17.2 Å². The summed E-state index contributed by atoms with van der Waals surface area (Å²) in [4.78, 5) is 50.6. The maximum atomic E-state index is 12.6. The number of hydrazine groups is 1. The topological polar surface area (TPSA) is 123 Å². The summed E-state index contributed by atoms with van der Waals surface area (Å²) in [5.41, 5.74) is 5.38. The van der Waals surface area contributed by atoms with E-state index in [0.717, 1.165) is 4.47 Å². The van der Waals surface area contributed by atoms with Gasteiger partial charge in [-0.25, -0.2) is 0 Å². The van der Waals surface area contributed by atoms with Crippen molar-refractivity contribution in [2.75, 3.05) is 25.2 Å². The molecule has 4 rings (SSSR count). The van der Waals surface area contributed by atoms with Crippen molar-refractivity contribution in [1.82, 2.24) is 10.9 Å². The summed E-state index contributed by atoms with van der Waals surface area (Å²) >= 11 is 3.27. The number of ether oxygens (including phenoxy) is 3. The number of amides is 3. The van der Waals surface area contributed by atoms with E-state index >= 15 is 0 Å². The van der Waals surface area contributed by atoms with Crippen LogP contribution in [0, 0.1) is 5.92 Å². The Kier molecular flexibility index (Phi) is 8.59. The fourth-order valence-corrected chi connectivity index (χ4v) is 3.99. The summed E-state index contributed by atoms with van der Waals surface area (Å²) in [5.74, 6) is -1.17. The third-order valence-electron chi connectivity index (χ3n) is 5.67. The molecule has 0 aliphatic carbocycles. The van der Waals surface area contributed by atoms with Crippen LogP contribution in [-0.2, 0) is 19.1 Å². The molecule has 0 aromatic heterocycles. The van der Waals surface area contributed by atoms with Crippen molar-refractivity contribution in [3.8, 4) is 17.2 Å². The van der Waals surface area contributed by atoms with Crippen LogP contribution in [0.2, 0.25) is 0 Å². The molecule has 1 aliphatic rings. The van der Waals surface area contributed by atoms with Crippen LogP contribution < -0.4 is 25.2 Å². The Labute approximate surface area is 227 Å². The van der Waals surface area contributed by atoms with Gasteiger partial charge in [0.25, 0.3) is 11.8 Å². The molecule has 0 bridgehead atoms. The Bertz CT molecular complexity index is 1330.